The van der Waals surface area contributed by atoms with E-state index in [1.54, 1.807) is 31.2 Å². The van der Waals surface area contributed by atoms with Gasteiger partial charge in [0.25, 0.3) is 5.91 Å². The zero-order chi connectivity index (χ0) is 19.5. The van der Waals surface area contributed by atoms with Gasteiger partial charge in [-0.2, -0.15) is 20.3 Å². The van der Waals surface area contributed by atoms with Crippen LogP contribution in [-0.2, 0) is 11.4 Å². The van der Waals surface area contributed by atoms with E-state index in [-0.39, 0.29) is 12.5 Å². The number of amides is 1. The molecule has 4 rings (SSSR count). The summed E-state index contributed by atoms with van der Waals surface area (Å²) >= 11 is 1.36. The summed E-state index contributed by atoms with van der Waals surface area (Å²) in [5.74, 6) is -0.284. The fourth-order valence-electron chi connectivity index (χ4n) is 2.77. The van der Waals surface area contributed by atoms with E-state index >= 15 is 0 Å². The zero-order valence-corrected chi connectivity index (χ0v) is 15.9. The topological polar surface area (TPSA) is 90.5 Å². The summed E-state index contributed by atoms with van der Waals surface area (Å²) in [5, 5.41) is 25.6. The third-order valence-electron chi connectivity index (χ3n) is 4.22. The second-order valence-corrected chi connectivity index (χ2v) is 7.06. The number of aromatic nitrogens is 1. The van der Waals surface area contributed by atoms with Crippen molar-refractivity contribution in [1.29, 1.82) is 0 Å². The van der Waals surface area contributed by atoms with E-state index in [9.17, 15) is 9.90 Å². The monoisotopic (exact) mass is 391 g/mol. The molecule has 2 aromatic carbocycles. The van der Waals surface area contributed by atoms with Crippen molar-refractivity contribution in [2.24, 2.45) is 15.3 Å². The van der Waals surface area contributed by atoms with Gasteiger partial charge in [-0.15, -0.1) is 11.3 Å². The van der Waals surface area contributed by atoms with Crippen molar-refractivity contribution in [3.8, 4) is 11.3 Å². The number of hydrazone groups is 1. The Hall–Kier alpha value is -3.23. The van der Waals surface area contributed by atoms with E-state index in [0.29, 0.717) is 16.5 Å². The number of hydrogen-bond acceptors (Lipinski definition) is 7. The van der Waals surface area contributed by atoms with Crippen molar-refractivity contribution in [2.75, 3.05) is 5.01 Å². The van der Waals surface area contributed by atoms with Gasteiger partial charge in [-0.05, 0) is 24.6 Å². The largest absolute Gasteiger partial charge is 0.392 e. The van der Waals surface area contributed by atoms with Gasteiger partial charge in [0.15, 0.2) is 6.04 Å². The van der Waals surface area contributed by atoms with Crippen LogP contribution in [0, 0.1) is 0 Å². The molecule has 0 unspecified atom stereocenters. The van der Waals surface area contributed by atoms with E-state index in [2.05, 4.69) is 20.3 Å². The Morgan fingerprint density at radius 1 is 1.18 bits per heavy atom. The van der Waals surface area contributed by atoms with Crippen molar-refractivity contribution in [1.82, 2.24) is 4.98 Å². The lowest BCUT2D eigenvalue weighted by molar-refractivity contribution is -0.117. The number of hydrogen-bond donors (Lipinski definition) is 1. The van der Waals surface area contributed by atoms with Gasteiger partial charge in [-0.3, -0.25) is 4.79 Å². The molecule has 1 N–H and O–H groups in total. The average Bonchev–Trinajstić information content (AvgIpc) is 3.32. The van der Waals surface area contributed by atoms with Gasteiger partial charge in [0.05, 0.1) is 23.7 Å². The molecule has 28 heavy (non-hydrogen) atoms. The van der Waals surface area contributed by atoms with E-state index < -0.39 is 6.04 Å². The number of aliphatic hydroxyl groups is 1. The molecule has 2 heterocycles. The van der Waals surface area contributed by atoms with Gasteiger partial charge in [-0.1, -0.05) is 42.5 Å². The van der Waals surface area contributed by atoms with Crippen LogP contribution in [0.2, 0.25) is 0 Å². The molecule has 1 aliphatic rings. The summed E-state index contributed by atoms with van der Waals surface area (Å²) in [6, 6.07) is 16.1. The van der Waals surface area contributed by atoms with Crippen molar-refractivity contribution < 1.29 is 9.90 Å². The number of nitrogens with zero attached hydrogens (tertiary/aromatic N) is 5. The smallest absolute Gasteiger partial charge is 0.282 e. The fourth-order valence-corrected chi connectivity index (χ4v) is 3.56. The maximum atomic E-state index is 12.8. The molecule has 140 valence electrons. The number of aliphatic hydroxyl groups excluding tert-OH is 1. The predicted octanol–water partition coefficient (Wildman–Crippen LogP) is 4.18. The SMILES string of the molecule is CC1=NN(c2nc(-c3ccccc3)cs2)C(=O)[C@H]1N=Nc1cccc(CO)c1. The first-order chi connectivity index (χ1) is 13.7. The molecule has 8 heteroatoms. The van der Waals surface area contributed by atoms with Crippen molar-refractivity contribution in [2.45, 2.75) is 19.6 Å². The molecular formula is C20H17N5O2S. The minimum Gasteiger partial charge on any atom is -0.392 e. The summed E-state index contributed by atoms with van der Waals surface area (Å²) in [4.78, 5) is 17.3. The highest BCUT2D eigenvalue weighted by Gasteiger charge is 2.36. The third kappa shape index (κ3) is 3.60. The minimum atomic E-state index is -0.776. The number of benzene rings is 2. The molecule has 1 atom stereocenters. The number of carbonyl (C=O) groups is 1. The molecule has 1 aromatic heterocycles. The molecule has 1 amide bonds. The molecule has 3 aromatic rings. The van der Waals surface area contributed by atoms with Crippen LogP contribution >= 0.6 is 11.3 Å². The second-order valence-electron chi connectivity index (χ2n) is 6.22. The van der Waals surface area contributed by atoms with Crippen molar-refractivity contribution in [3.63, 3.8) is 0 Å². The molecule has 0 saturated heterocycles. The predicted molar refractivity (Wildman–Crippen MR) is 109 cm³/mol. The highest BCUT2D eigenvalue weighted by Crippen LogP contribution is 2.30. The van der Waals surface area contributed by atoms with Crippen LogP contribution in [0.25, 0.3) is 11.3 Å². The van der Waals surface area contributed by atoms with Gasteiger partial charge in [0, 0.05) is 10.9 Å². The lowest BCUT2D eigenvalue weighted by atomic mass is 10.2. The van der Waals surface area contributed by atoms with E-state index in [4.69, 9.17) is 0 Å². The van der Waals surface area contributed by atoms with Crippen LogP contribution in [0.15, 0.2) is 75.3 Å². The molecule has 0 radical (unpaired) electrons. The Labute approximate surface area is 165 Å². The highest BCUT2D eigenvalue weighted by molar-refractivity contribution is 7.14. The molecule has 0 bridgehead atoms. The Bertz CT molecular complexity index is 1060. The Morgan fingerprint density at radius 2 is 2.00 bits per heavy atom. The summed E-state index contributed by atoms with van der Waals surface area (Å²) in [6.45, 7) is 1.67. The average molecular weight is 391 g/mol. The first-order valence-electron chi connectivity index (χ1n) is 8.66. The summed E-state index contributed by atoms with van der Waals surface area (Å²) in [5.41, 5.74) is 3.65. The number of rotatable bonds is 5. The van der Waals surface area contributed by atoms with Crippen LogP contribution in [0.1, 0.15) is 12.5 Å². The van der Waals surface area contributed by atoms with Gasteiger partial charge < -0.3 is 5.11 Å². The number of thiazole rings is 1. The van der Waals surface area contributed by atoms with Crippen LogP contribution in [0.3, 0.4) is 0 Å². The van der Waals surface area contributed by atoms with E-state index in [1.807, 2.05) is 35.7 Å². The fraction of sp³-hybridized carbons (Fsp3) is 0.150. The second kappa shape index (κ2) is 7.79. The van der Waals surface area contributed by atoms with Crippen molar-refractivity contribution in [3.05, 3.63) is 65.5 Å². The van der Waals surface area contributed by atoms with Crippen LogP contribution in [0.4, 0.5) is 10.8 Å². The Morgan fingerprint density at radius 3 is 2.79 bits per heavy atom. The van der Waals surface area contributed by atoms with Crippen LogP contribution in [0.5, 0.6) is 0 Å². The van der Waals surface area contributed by atoms with Gasteiger partial charge in [0.2, 0.25) is 5.13 Å². The molecule has 0 aliphatic carbocycles. The molecule has 1 aliphatic heterocycles. The lowest BCUT2D eigenvalue weighted by Gasteiger charge is -2.08. The molecule has 0 spiro atoms. The Balaban J connectivity index is 1.53. The summed E-state index contributed by atoms with van der Waals surface area (Å²) in [6.07, 6.45) is 0. The molecule has 0 saturated carbocycles. The van der Waals surface area contributed by atoms with Gasteiger partial charge >= 0.3 is 0 Å². The minimum absolute atomic E-state index is 0.0756. The van der Waals surface area contributed by atoms with E-state index in [0.717, 1.165) is 16.8 Å². The van der Waals surface area contributed by atoms with Crippen molar-refractivity contribution >= 4 is 33.8 Å². The van der Waals surface area contributed by atoms with E-state index in [1.165, 1.54) is 16.3 Å². The number of azo groups is 1. The van der Waals surface area contributed by atoms with Gasteiger partial charge in [-0.25, -0.2) is 4.98 Å². The summed E-state index contributed by atoms with van der Waals surface area (Å²) < 4.78 is 0. The quantitative estimate of drug-likeness (QED) is 0.662. The molecule has 7 nitrogen and oxygen atoms in total. The third-order valence-corrected chi connectivity index (χ3v) is 5.04. The Kier molecular flexibility index (Phi) is 5.05. The maximum Gasteiger partial charge on any atom is 0.282 e. The number of anilines is 1. The first-order valence-corrected chi connectivity index (χ1v) is 9.54. The zero-order valence-electron chi connectivity index (χ0n) is 15.1. The van der Waals surface area contributed by atoms with Gasteiger partial charge in [0.1, 0.15) is 0 Å². The normalized spacial score (nSPS) is 16.8. The highest BCUT2D eigenvalue weighted by atomic mass is 32.1. The standard InChI is InChI=1S/C20H17N5O2S/c1-13-18(23-22-16-9-5-6-14(10-16)11-26)19(27)25(24-13)20-21-17(12-28-20)15-7-3-2-4-8-15/h2-10,12,18,26H,11H2,1H3/t18-/m0/s1. The first kappa shape index (κ1) is 18.1. The molecular weight excluding hydrogens is 374 g/mol. The lowest BCUT2D eigenvalue weighted by Crippen LogP contribution is -2.29. The maximum absolute atomic E-state index is 12.8. The van der Waals surface area contributed by atoms with Crippen LogP contribution in [-0.4, -0.2) is 27.8 Å². The summed E-state index contributed by atoms with van der Waals surface area (Å²) in [7, 11) is 0. The van der Waals surface area contributed by atoms with Crippen LogP contribution < -0.4 is 5.01 Å². The number of carbonyl (C=O) groups excluding carboxylic acids is 1. The molecule has 0 fully saturated rings.